The average Bonchev–Trinajstić information content (AvgIpc) is 2.60. The van der Waals surface area contributed by atoms with Gasteiger partial charge in [-0.3, -0.25) is 10.1 Å². The van der Waals surface area contributed by atoms with Crippen LogP contribution in [0.1, 0.15) is 17.2 Å². The Morgan fingerprint density at radius 2 is 2.31 bits per heavy atom. The summed E-state index contributed by atoms with van der Waals surface area (Å²) in [5.41, 5.74) is 2.37. The summed E-state index contributed by atoms with van der Waals surface area (Å²) in [6, 6.07) is 7.95. The molecule has 1 aromatic rings. The van der Waals surface area contributed by atoms with Gasteiger partial charge in [0.15, 0.2) is 5.78 Å². The van der Waals surface area contributed by atoms with Gasteiger partial charge >= 0.3 is 0 Å². The standard InChI is InChI=1S/C10H10BrNO/c11-5-9(13)10-8-4-2-1-3-7(8)6-12-10/h1-4,10,12H,5-6H2. The minimum Gasteiger partial charge on any atom is -0.300 e. The van der Waals surface area contributed by atoms with Gasteiger partial charge in [-0.2, -0.15) is 0 Å². The highest BCUT2D eigenvalue weighted by molar-refractivity contribution is 9.09. The molecular weight excluding hydrogens is 230 g/mol. The molecule has 1 N–H and O–H groups in total. The molecule has 13 heavy (non-hydrogen) atoms. The van der Waals surface area contributed by atoms with E-state index in [0.717, 1.165) is 12.1 Å². The monoisotopic (exact) mass is 239 g/mol. The average molecular weight is 240 g/mol. The predicted octanol–water partition coefficient (Wildman–Crippen LogP) is 1.79. The first-order chi connectivity index (χ1) is 6.33. The molecule has 1 unspecified atom stereocenters. The maximum Gasteiger partial charge on any atom is 0.164 e. The van der Waals surface area contributed by atoms with Gasteiger partial charge in [-0.25, -0.2) is 0 Å². The van der Waals surface area contributed by atoms with Crippen LogP contribution in [-0.2, 0) is 11.3 Å². The summed E-state index contributed by atoms with van der Waals surface area (Å²) in [5.74, 6) is 0.199. The smallest absolute Gasteiger partial charge is 0.164 e. The highest BCUT2D eigenvalue weighted by Crippen LogP contribution is 2.25. The van der Waals surface area contributed by atoms with E-state index >= 15 is 0 Å². The molecule has 2 rings (SSSR count). The fourth-order valence-electron chi connectivity index (χ4n) is 1.66. The van der Waals surface area contributed by atoms with E-state index in [-0.39, 0.29) is 11.8 Å². The van der Waals surface area contributed by atoms with Crippen LogP contribution in [0.5, 0.6) is 0 Å². The summed E-state index contributed by atoms with van der Waals surface area (Å²) in [7, 11) is 0. The summed E-state index contributed by atoms with van der Waals surface area (Å²) in [6.07, 6.45) is 0. The van der Waals surface area contributed by atoms with Crippen molar-refractivity contribution in [3.05, 3.63) is 35.4 Å². The quantitative estimate of drug-likeness (QED) is 0.798. The lowest BCUT2D eigenvalue weighted by Crippen LogP contribution is -2.22. The number of nitrogens with one attached hydrogen (secondary N) is 1. The first-order valence-corrected chi connectivity index (χ1v) is 5.35. The van der Waals surface area contributed by atoms with Crippen LogP contribution in [0.25, 0.3) is 0 Å². The van der Waals surface area contributed by atoms with E-state index in [1.54, 1.807) is 0 Å². The van der Waals surface area contributed by atoms with Gasteiger partial charge in [-0.05, 0) is 11.1 Å². The topological polar surface area (TPSA) is 29.1 Å². The molecule has 1 aliphatic heterocycles. The number of alkyl halides is 1. The Balaban J connectivity index is 2.33. The Morgan fingerprint density at radius 1 is 1.54 bits per heavy atom. The van der Waals surface area contributed by atoms with E-state index in [9.17, 15) is 4.79 Å². The number of carbonyl (C=O) groups excluding carboxylic acids is 1. The molecule has 0 aliphatic carbocycles. The van der Waals surface area contributed by atoms with Crippen molar-refractivity contribution in [2.75, 3.05) is 5.33 Å². The first-order valence-electron chi connectivity index (χ1n) is 4.23. The van der Waals surface area contributed by atoms with E-state index < -0.39 is 0 Å². The Kier molecular flexibility index (Phi) is 2.47. The lowest BCUT2D eigenvalue weighted by Gasteiger charge is -2.07. The highest BCUT2D eigenvalue weighted by Gasteiger charge is 2.26. The number of hydrogen-bond donors (Lipinski definition) is 1. The minimum absolute atomic E-state index is 0.101. The van der Waals surface area contributed by atoms with E-state index in [2.05, 4.69) is 27.3 Å². The van der Waals surface area contributed by atoms with Crippen molar-refractivity contribution >= 4 is 21.7 Å². The number of Topliss-reactive ketones (excluding diaryl/α,β-unsaturated/α-hetero) is 1. The lowest BCUT2D eigenvalue weighted by molar-refractivity contribution is -0.118. The lowest BCUT2D eigenvalue weighted by atomic mass is 10.0. The van der Waals surface area contributed by atoms with Gasteiger partial charge in [0.2, 0.25) is 0 Å². The van der Waals surface area contributed by atoms with Crippen LogP contribution >= 0.6 is 15.9 Å². The normalized spacial score (nSPS) is 19.9. The molecule has 3 heteroatoms. The van der Waals surface area contributed by atoms with Crippen molar-refractivity contribution in [3.8, 4) is 0 Å². The number of hydrogen-bond acceptors (Lipinski definition) is 2. The van der Waals surface area contributed by atoms with Crippen molar-refractivity contribution in [1.29, 1.82) is 0 Å². The first kappa shape index (κ1) is 8.91. The molecule has 0 aromatic heterocycles. The second-order valence-corrected chi connectivity index (χ2v) is 3.67. The Morgan fingerprint density at radius 3 is 3.08 bits per heavy atom. The SMILES string of the molecule is O=C(CBr)C1NCc2ccccc21. The molecule has 0 saturated heterocycles. The zero-order chi connectivity index (χ0) is 9.26. The van der Waals surface area contributed by atoms with Crippen LogP contribution in [0.3, 0.4) is 0 Å². The van der Waals surface area contributed by atoms with Gasteiger partial charge < -0.3 is 0 Å². The fourth-order valence-corrected chi connectivity index (χ4v) is 1.99. The summed E-state index contributed by atoms with van der Waals surface area (Å²) in [4.78, 5) is 11.5. The second-order valence-electron chi connectivity index (χ2n) is 3.11. The number of benzene rings is 1. The van der Waals surface area contributed by atoms with Crippen molar-refractivity contribution in [2.24, 2.45) is 0 Å². The highest BCUT2D eigenvalue weighted by atomic mass is 79.9. The number of halogens is 1. The number of fused-ring (bicyclic) bond motifs is 1. The maximum atomic E-state index is 11.5. The van der Waals surface area contributed by atoms with E-state index in [1.807, 2.05) is 18.2 Å². The molecule has 0 fully saturated rings. The molecular formula is C10H10BrNO. The zero-order valence-electron chi connectivity index (χ0n) is 7.09. The predicted molar refractivity (Wildman–Crippen MR) is 54.8 cm³/mol. The van der Waals surface area contributed by atoms with Crippen molar-refractivity contribution in [3.63, 3.8) is 0 Å². The van der Waals surface area contributed by atoms with Gasteiger partial charge in [0.1, 0.15) is 0 Å². The Labute approximate surface area is 85.5 Å². The fraction of sp³-hybridized carbons (Fsp3) is 0.300. The van der Waals surface area contributed by atoms with Gasteiger partial charge in [-0.1, -0.05) is 40.2 Å². The molecule has 1 atom stereocenters. The van der Waals surface area contributed by atoms with Crippen LogP contribution in [0.15, 0.2) is 24.3 Å². The number of carbonyl (C=O) groups is 1. The molecule has 0 saturated carbocycles. The largest absolute Gasteiger partial charge is 0.300 e. The van der Waals surface area contributed by atoms with E-state index in [4.69, 9.17) is 0 Å². The molecule has 1 aromatic carbocycles. The molecule has 1 heterocycles. The summed E-state index contributed by atoms with van der Waals surface area (Å²) in [5, 5.41) is 3.61. The van der Waals surface area contributed by atoms with Crippen molar-refractivity contribution in [1.82, 2.24) is 5.32 Å². The Hall–Kier alpha value is -0.670. The van der Waals surface area contributed by atoms with Crippen LogP contribution in [0.2, 0.25) is 0 Å². The third-order valence-electron chi connectivity index (χ3n) is 2.32. The second kappa shape index (κ2) is 3.60. The maximum absolute atomic E-state index is 11.5. The van der Waals surface area contributed by atoms with Crippen LogP contribution in [0.4, 0.5) is 0 Å². The summed E-state index contributed by atoms with van der Waals surface area (Å²) in [6.45, 7) is 0.805. The van der Waals surface area contributed by atoms with Crippen LogP contribution in [-0.4, -0.2) is 11.1 Å². The summed E-state index contributed by atoms with van der Waals surface area (Å²) < 4.78 is 0. The van der Waals surface area contributed by atoms with Gasteiger partial charge in [0.05, 0.1) is 11.4 Å². The van der Waals surface area contributed by atoms with Crippen LogP contribution < -0.4 is 5.32 Å². The molecule has 0 bridgehead atoms. The third-order valence-corrected chi connectivity index (χ3v) is 2.87. The van der Waals surface area contributed by atoms with E-state index in [0.29, 0.717) is 5.33 Å². The van der Waals surface area contributed by atoms with Crippen molar-refractivity contribution in [2.45, 2.75) is 12.6 Å². The molecule has 0 amide bonds. The van der Waals surface area contributed by atoms with Gasteiger partial charge in [0, 0.05) is 6.54 Å². The van der Waals surface area contributed by atoms with Gasteiger partial charge in [0.25, 0.3) is 0 Å². The molecule has 0 radical (unpaired) electrons. The number of ketones is 1. The van der Waals surface area contributed by atoms with Gasteiger partial charge in [-0.15, -0.1) is 0 Å². The number of rotatable bonds is 2. The molecule has 1 aliphatic rings. The molecule has 68 valence electrons. The van der Waals surface area contributed by atoms with Crippen molar-refractivity contribution < 1.29 is 4.79 Å². The van der Waals surface area contributed by atoms with Crippen LogP contribution in [0, 0.1) is 0 Å². The van der Waals surface area contributed by atoms with E-state index in [1.165, 1.54) is 5.56 Å². The molecule has 2 nitrogen and oxygen atoms in total. The summed E-state index contributed by atoms with van der Waals surface area (Å²) >= 11 is 3.19. The molecule has 0 spiro atoms. The Bertz CT molecular complexity index is 337. The minimum atomic E-state index is -0.101. The third kappa shape index (κ3) is 1.54. The zero-order valence-corrected chi connectivity index (χ0v) is 8.67.